The van der Waals surface area contributed by atoms with Crippen molar-refractivity contribution in [3.8, 4) is 0 Å². The number of nitrogens with two attached hydrogens (primary N) is 1. The molecule has 0 amide bonds. The summed E-state index contributed by atoms with van der Waals surface area (Å²) in [6.45, 7) is 0. The maximum atomic E-state index is 5.75. The molecule has 0 radical (unpaired) electrons. The second kappa shape index (κ2) is 3.67. The van der Waals surface area contributed by atoms with Gasteiger partial charge in [0.05, 0.1) is 6.42 Å². The molecule has 0 atom stereocenters. The number of nitrogens with zero attached hydrogens (tertiary/aromatic N) is 2. The predicted octanol–water partition coefficient (Wildman–Crippen LogP) is 1.90. The van der Waals surface area contributed by atoms with Crippen LogP contribution in [-0.2, 0) is 6.42 Å². The van der Waals surface area contributed by atoms with Crippen LogP contribution in [0.5, 0.6) is 0 Å². The fourth-order valence-corrected chi connectivity index (χ4v) is 1.24. The summed E-state index contributed by atoms with van der Waals surface area (Å²) in [6, 6.07) is 7.53. The Labute approximate surface area is 85.7 Å². The normalized spacial score (nSPS) is 10.4. The highest BCUT2D eigenvalue weighted by Gasteiger charge is 2.03. The van der Waals surface area contributed by atoms with Gasteiger partial charge in [-0.15, -0.1) is 5.10 Å². The molecular formula is C9H8ClN3O. The highest BCUT2D eigenvalue weighted by Crippen LogP contribution is 2.13. The van der Waals surface area contributed by atoms with Gasteiger partial charge in [0.1, 0.15) is 0 Å². The summed E-state index contributed by atoms with van der Waals surface area (Å²) in [4.78, 5) is 0. The molecule has 1 aromatic carbocycles. The van der Waals surface area contributed by atoms with Crippen molar-refractivity contribution in [3.05, 3.63) is 40.7 Å². The first kappa shape index (κ1) is 9.02. The minimum atomic E-state index is 0.0916. The van der Waals surface area contributed by atoms with E-state index >= 15 is 0 Å². The summed E-state index contributed by atoms with van der Waals surface area (Å²) >= 11 is 5.75. The van der Waals surface area contributed by atoms with E-state index in [0.29, 0.717) is 17.3 Å². The average Bonchev–Trinajstić information content (AvgIpc) is 2.56. The maximum absolute atomic E-state index is 5.75. The van der Waals surface area contributed by atoms with Crippen molar-refractivity contribution in [2.45, 2.75) is 6.42 Å². The van der Waals surface area contributed by atoms with Crippen molar-refractivity contribution in [1.82, 2.24) is 10.2 Å². The van der Waals surface area contributed by atoms with Crippen molar-refractivity contribution in [2.75, 3.05) is 5.73 Å². The van der Waals surface area contributed by atoms with E-state index < -0.39 is 0 Å². The largest absolute Gasteiger partial charge is 0.408 e. The number of anilines is 1. The molecule has 1 aromatic heterocycles. The lowest BCUT2D eigenvalue weighted by atomic mass is 10.1. The third kappa shape index (κ3) is 2.03. The second-order valence-corrected chi connectivity index (χ2v) is 3.27. The molecule has 2 aromatic rings. The summed E-state index contributed by atoms with van der Waals surface area (Å²) in [5, 5.41) is 8.03. The zero-order chi connectivity index (χ0) is 9.97. The molecule has 0 bridgehead atoms. The number of benzene rings is 1. The third-order valence-corrected chi connectivity index (χ3v) is 2.00. The maximum Gasteiger partial charge on any atom is 0.312 e. The fourth-order valence-electron chi connectivity index (χ4n) is 1.11. The van der Waals surface area contributed by atoms with E-state index in [1.165, 1.54) is 0 Å². The highest BCUT2D eigenvalue weighted by atomic mass is 35.5. The smallest absolute Gasteiger partial charge is 0.312 e. The average molecular weight is 210 g/mol. The van der Waals surface area contributed by atoms with Gasteiger partial charge < -0.3 is 10.2 Å². The Kier molecular flexibility index (Phi) is 2.37. The van der Waals surface area contributed by atoms with Crippen LogP contribution < -0.4 is 5.73 Å². The van der Waals surface area contributed by atoms with Gasteiger partial charge in [-0.2, -0.15) is 0 Å². The summed E-state index contributed by atoms with van der Waals surface area (Å²) in [7, 11) is 0. The first-order valence-electron chi connectivity index (χ1n) is 4.06. The predicted molar refractivity (Wildman–Crippen MR) is 53.0 cm³/mol. The lowest BCUT2D eigenvalue weighted by molar-refractivity contribution is 0.522. The van der Waals surface area contributed by atoms with Gasteiger partial charge in [0.15, 0.2) is 0 Å². The van der Waals surface area contributed by atoms with Gasteiger partial charge in [0, 0.05) is 5.02 Å². The second-order valence-electron chi connectivity index (χ2n) is 2.84. The van der Waals surface area contributed by atoms with E-state index in [4.69, 9.17) is 21.8 Å². The van der Waals surface area contributed by atoms with Gasteiger partial charge in [-0.3, -0.25) is 0 Å². The molecule has 0 spiro atoms. The third-order valence-electron chi connectivity index (χ3n) is 1.75. The Balaban J connectivity index is 2.15. The molecular weight excluding hydrogens is 202 g/mol. The van der Waals surface area contributed by atoms with Crippen LogP contribution >= 0.6 is 11.6 Å². The molecule has 2 N–H and O–H groups in total. The lowest BCUT2D eigenvalue weighted by Gasteiger charge is -1.96. The summed E-state index contributed by atoms with van der Waals surface area (Å²) in [5.74, 6) is 0.504. The SMILES string of the molecule is Nc1nnc(Cc2ccc(Cl)cc2)o1. The summed E-state index contributed by atoms with van der Waals surface area (Å²) in [6.07, 6.45) is 0.571. The molecule has 0 unspecified atom stereocenters. The molecule has 0 fully saturated rings. The van der Waals surface area contributed by atoms with Gasteiger partial charge in [-0.05, 0) is 17.7 Å². The van der Waals surface area contributed by atoms with Crippen LogP contribution in [0.25, 0.3) is 0 Å². The van der Waals surface area contributed by atoms with E-state index in [0.717, 1.165) is 5.56 Å². The van der Waals surface area contributed by atoms with E-state index in [2.05, 4.69) is 10.2 Å². The fraction of sp³-hybridized carbons (Fsp3) is 0.111. The Morgan fingerprint density at radius 2 is 1.93 bits per heavy atom. The lowest BCUT2D eigenvalue weighted by Crippen LogP contribution is -1.87. The Bertz CT molecular complexity index is 424. The number of halogens is 1. The van der Waals surface area contributed by atoms with Crippen molar-refractivity contribution >= 4 is 17.6 Å². The van der Waals surface area contributed by atoms with E-state index in [9.17, 15) is 0 Å². The number of nitrogen functional groups attached to an aromatic ring is 1. The molecule has 2 rings (SSSR count). The van der Waals surface area contributed by atoms with Crippen molar-refractivity contribution in [3.63, 3.8) is 0 Å². The molecule has 5 heteroatoms. The first-order chi connectivity index (χ1) is 6.74. The van der Waals surface area contributed by atoms with Crippen LogP contribution in [-0.4, -0.2) is 10.2 Å². The Morgan fingerprint density at radius 1 is 1.21 bits per heavy atom. The minimum absolute atomic E-state index is 0.0916. The number of aromatic nitrogens is 2. The van der Waals surface area contributed by atoms with Gasteiger partial charge in [-0.25, -0.2) is 0 Å². The topological polar surface area (TPSA) is 64.9 Å². The van der Waals surface area contributed by atoms with Crippen molar-refractivity contribution in [2.24, 2.45) is 0 Å². The van der Waals surface area contributed by atoms with Crippen LogP contribution in [0.3, 0.4) is 0 Å². The molecule has 0 saturated carbocycles. The molecule has 72 valence electrons. The number of hydrogen-bond acceptors (Lipinski definition) is 4. The van der Waals surface area contributed by atoms with Crippen LogP contribution in [0.15, 0.2) is 28.7 Å². The van der Waals surface area contributed by atoms with E-state index in [1.807, 2.05) is 24.3 Å². The Morgan fingerprint density at radius 3 is 2.50 bits per heavy atom. The van der Waals surface area contributed by atoms with Gasteiger partial charge in [-0.1, -0.05) is 28.8 Å². The van der Waals surface area contributed by atoms with E-state index in [1.54, 1.807) is 0 Å². The first-order valence-corrected chi connectivity index (χ1v) is 4.44. The number of rotatable bonds is 2. The number of hydrogen-bond donors (Lipinski definition) is 1. The van der Waals surface area contributed by atoms with Crippen molar-refractivity contribution < 1.29 is 4.42 Å². The molecule has 1 heterocycles. The van der Waals surface area contributed by atoms with Gasteiger partial charge >= 0.3 is 6.01 Å². The quantitative estimate of drug-likeness (QED) is 0.821. The monoisotopic (exact) mass is 209 g/mol. The highest BCUT2D eigenvalue weighted by molar-refractivity contribution is 6.30. The molecule has 14 heavy (non-hydrogen) atoms. The standard InChI is InChI=1S/C9H8ClN3O/c10-7-3-1-6(2-4-7)5-8-12-13-9(11)14-8/h1-4H,5H2,(H2,11,13). The Hall–Kier alpha value is -1.55. The molecule has 0 aliphatic carbocycles. The van der Waals surface area contributed by atoms with Crippen molar-refractivity contribution in [1.29, 1.82) is 0 Å². The zero-order valence-corrected chi connectivity index (χ0v) is 8.03. The zero-order valence-electron chi connectivity index (χ0n) is 7.27. The van der Waals surface area contributed by atoms with Crippen LogP contribution in [0.2, 0.25) is 5.02 Å². The molecule has 0 aliphatic rings. The summed E-state index contributed by atoms with van der Waals surface area (Å²) < 4.78 is 5.04. The van der Waals surface area contributed by atoms with Gasteiger partial charge in [0.25, 0.3) is 0 Å². The minimum Gasteiger partial charge on any atom is -0.408 e. The molecule has 4 nitrogen and oxygen atoms in total. The summed E-state index contributed by atoms with van der Waals surface area (Å²) in [5.41, 5.74) is 6.35. The van der Waals surface area contributed by atoms with Gasteiger partial charge in [0.2, 0.25) is 5.89 Å². The van der Waals surface area contributed by atoms with Crippen LogP contribution in [0, 0.1) is 0 Å². The van der Waals surface area contributed by atoms with E-state index in [-0.39, 0.29) is 6.01 Å². The molecule has 0 saturated heterocycles. The van der Waals surface area contributed by atoms with Crippen LogP contribution in [0.4, 0.5) is 6.01 Å². The molecule has 0 aliphatic heterocycles. The van der Waals surface area contributed by atoms with Crippen LogP contribution in [0.1, 0.15) is 11.5 Å².